The molecule has 1 nitrogen and oxygen atoms in total. The van der Waals surface area contributed by atoms with E-state index >= 15 is 0 Å². The van der Waals surface area contributed by atoms with Crippen LogP contribution in [0.15, 0.2) is 12.7 Å². The van der Waals surface area contributed by atoms with Crippen LogP contribution in [-0.2, 0) is 0 Å². The number of allylic oxidation sites excluding steroid dienone is 1. The third-order valence-corrected chi connectivity index (χ3v) is 3.37. The number of hydrogen-bond donors (Lipinski definition) is 0. The van der Waals surface area contributed by atoms with Crippen molar-refractivity contribution in [1.29, 1.82) is 0 Å². The molecule has 1 heterocycles. The lowest BCUT2D eigenvalue weighted by atomic mass is 10.1. The average molecular weight is 213 g/mol. The Morgan fingerprint density at radius 2 is 2.07 bits per heavy atom. The summed E-state index contributed by atoms with van der Waals surface area (Å²) in [6.07, 6.45) is 8.64. The molecule has 1 saturated heterocycles. The first-order valence-corrected chi connectivity index (χ1v) is 6.24. The van der Waals surface area contributed by atoms with Crippen molar-refractivity contribution in [2.24, 2.45) is 0 Å². The van der Waals surface area contributed by atoms with Crippen molar-refractivity contribution in [2.45, 2.75) is 57.5 Å². The summed E-state index contributed by atoms with van der Waals surface area (Å²) in [6.45, 7) is 7.05. The molecular weight excluding hydrogens is 189 g/mol. The zero-order valence-corrected chi connectivity index (χ0v) is 9.92. The van der Waals surface area contributed by atoms with E-state index in [2.05, 4.69) is 18.4 Å². The molecule has 0 aliphatic carbocycles. The van der Waals surface area contributed by atoms with Crippen LogP contribution in [0.3, 0.4) is 0 Å². The molecule has 1 aliphatic heterocycles. The minimum Gasteiger partial charge on any atom is -0.295 e. The van der Waals surface area contributed by atoms with Crippen molar-refractivity contribution in [3.05, 3.63) is 12.7 Å². The summed E-state index contributed by atoms with van der Waals surface area (Å²) in [7, 11) is 0. The van der Waals surface area contributed by atoms with Crippen LogP contribution in [0.4, 0.5) is 4.39 Å². The fourth-order valence-electron chi connectivity index (χ4n) is 2.29. The minimum atomic E-state index is -0.154. The molecule has 0 aromatic rings. The number of hydrogen-bond acceptors (Lipinski definition) is 1. The standard InChI is InChI=1S/C13H24FN/c1-3-4-6-9-13-12(2)15(13)11-8-5-7-10-14/h3,12-13H,1,4-11H2,2H3. The van der Waals surface area contributed by atoms with Gasteiger partial charge in [0.1, 0.15) is 0 Å². The van der Waals surface area contributed by atoms with Gasteiger partial charge in [-0.2, -0.15) is 0 Å². The van der Waals surface area contributed by atoms with Crippen LogP contribution in [0.1, 0.15) is 45.4 Å². The summed E-state index contributed by atoms with van der Waals surface area (Å²) in [4.78, 5) is 2.54. The second-order valence-corrected chi connectivity index (χ2v) is 4.51. The summed E-state index contributed by atoms with van der Waals surface area (Å²) >= 11 is 0. The van der Waals surface area contributed by atoms with Crippen molar-refractivity contribution >= 4 is 0 Å². The first-order valence-electron chi connectivity index (χ1n) is 6.24. The van der Waals surface area contributed by atoms with E-state index in [1.165, 1.54) is 19.4 Å². The predicted octanol–water partition coefficient (Wildman–Crippen LogP) is 3.56. The molecule has 0 aromatic carbocycles. The molecule has 88 valence electrons. The Labute approximate surface area is 93.3 Å². The van der Waals surface area contributed by atoms with Crippen molar-refractivity contribution in [1.82, 2.24) is 4.90 Å². The zero-order valence-electron chi connectivity index (χ0n) is 9.92. The van der Waals surface area contributed by atoms with E-state index < -0.39 is 0 Å². The molecule has 1 rings (SSSR count). The Kier molecular flexibility index (Phi) is 5.92. The van der Waals surface area contributed by atoms with E-state index in [-0.39, 0.29) is 6.67 Å². The van der Waals surface area contributed by atoms with Gasteiger partial charge in [-0.25, -0.2) is 0 Å². The maximum absolute atomic E-state index is 11.9. The lowest BCUT2D eigenvalue weighted by Gasteiger charge is -2.02. The van der Waals surface area contributed by atoms with Gasteiger partial charge in [0.25, 0.3) is 0 Å². The quantitative estimate of drug-likeness (QED) is 0.321. The van der Waals surface area contributed by atoms with Crippen LogP contribution < -0.4 is 0 Å². The van der Waals surface area contributed by atoms with Crippen LogP contribution in [0.25, 0.3) is 0 Å². The Morgan fingerprint density at radius 3 is 2.73 bits per heavy atom. The first-order chi connectivity index (χ1) is 7.31. The Hall–Kier alpha value is -0.370. The number of nitrogens with zero attached hydrogens (tertiary/aromatic N) is 1. The highest BCUT2D eigenvalue weighted by molar-refractivity contribution is 4.98. The molecule has 0 spiro atoms. The highest BCUT2D eigenvalue weighted by atomic mass is 19.1. The van der Waals surface area contributed by atoms with E-state index in [1.54, 1.807) is 0 Å². The van der Waals surface area contributed by atoms with E-state index in [9.17, 15) is 4.39 Å². The van der Waals surface area contributed by atoms with Gasteiger partial charge in [0.2, 0.25) is 0 Å². The molecule has 3 unspecified atom stereocenters. The normalized spacial score (nSPS) is 29.1. The van der Waals surface area contributed by atoms with Gasteiger partial charge >= 0.3 is 0 Å². The third kappa shape index (κ3) is 4.33. The van der Waals surface area contributed by atoms with Gasteiger partial charge in [-0.1, -0.05) is 6.08 Å². The first kappa shape index (κ1) is 12.7. The molecule has 15 heavy (non-hydrogen) atoms. The van der Waals surface area contributed by atoms with Gasteiger partial charge in [0.05, 0.1) is 6.67 Å². The van der Waals surface area contributed by atoms with E-state index in [0.717, 1.165) is 37.8 Å². The lowest BCUT2D eigenvalue weighted by Crippen LogP contribution is -2.04. The van der Waals surface area contributed by atoms with Crippen LogP contribution in [0.5, 0.6) is 0 Å². The predicted molar refractivity (Wildman–Crippen MR) is 63.8 cm³/mol. The molecule has 0 amide bonds. The number of halogens is 1. The van der Waals surface area contributed by atoms with Crippen molar-refractivity contribution in [2.75, 3.05) is 13.2 Å². The largest absolute Gasteiger partial charge is 0.295 e. The van der Waals surface area contributed by atoms with E-state index in [0.29, 0.717) is 0 Å². The number of alkyl halides is 1. The van der Waals surface area contributed by atoms with E-state index in [1.807, 2.05) is 6.08 Å². The minimum absolute atomic E-state index is 0.154. The molecular formula is C13H24FN. The van der Waals surface area contributed by atoms with Gasteiger partial charge in [0, 0.05) is 12.1 Å². The molecule has 0 aromatic heterocycles. The maximum Gasteiger partial charge on any atom is 0.0894 e. The molecule has 0 saturated carbocycles. The monoisotopic (exact) mass is 213 g/mol. The summed E-state index contributed by atoms with van der Waals surface area (Å²) < 4.78 is 11.9. The highest BCUT2D eigenvalue weighted by Gasteiger charge is 2.41. The number of unbranched alkanes of at least 4 members (excludes halogenated alkanes) is 3. The lowest BCUT2D eigenvalue weighted by molar-refractivity contribution is 0.416. The average Bonchev–Trinajstić information content (AvgIpc) is 2.85. The van der Waals surface area contributed by atoms with Gasteiger partial charge in [-0.3, -0.25) is 9.29 Å². The highest BCUT2D eigenvalue weighted by Crippen LogP contribution is 2.32. The van der Waals surface area contributed by atoms with Gasteiger partial charge in [-0.05, 0) is 52.0 Å². The number of rotatable bonds is 9. The maximum atomic E-state index is 11.9. The summed E-state index contributed by atoms with van der Waals surface area (Å²) in [6, 6.07) is 1.57. The summed E-state index contributed by atoms with van der Waals surface area (Å²) in [5, 5.41) is 0. The molecule has 3 atom stereocenters. The summed E-state index contributed by atoms with van der Waals surface area (Å²) in [5.74, 6) is 0. The summed E-state index contributed by atoms with van der Waals surface area (Å²) in [5.41, 5.74) is 0. The fraction of sp³-hybridized carbons (Fsp3) is 0.846. The molecule has 1 aliphatic rings. The van der Waals surface area contributed by atoms with E-state index in [4.69, 9.17) is 0 Å². The molecule has 0 N–H and O–H groups in total. The van der Waals surface area contributed by atoms with Crippen LogP contribution in [0, 0.1) is 0 Å². The smallest absolute Gasteiger partial charge is 0.0894 e. The van der Waals surface area contributed by atoms with Crippen molar-refractivity contribution in [3.63, 3.8) is 0 Å². The SMILES string of the molecule is C=CCCCC1C(C)N1CCCCCF. The second kappa shape index (κ2) is 7.00. The molecule has 0 radical (unpaired) electrons. The van der Waals surface area contributed by atoms with Gasteiger partial charge in [0.15, 0.2) is 0 Å². The van der Waals surface area contributed by atoms with Gasteiger partial charge in [-0.15, -0.1) is 6.58 Å². The van der Waals surface area contributed by atoms with Crippen LogP contribution in [0.2, 0.25) is 0 Å². The van der Waals surface area contributed by atoms with Crippen LogP contribution >= 0.6 is 0 Å². The zero-order chi connectivity index (χ0) is 11.1. The van der Waals surface area contributed by atoms with Crippen molar-refractivity contribution in [3.8, 4) is 0 Å². The second-order valence-electron chi connectivity index (χ2n) is 4.51. The fourth-order valence-corrected chi connectivity index (χ4v) is 2.29. The van der Waals surface area contributed by atoms with Crippen molar-refractivity contribution < 1.29 is 4.39 Å². The molecule has 0 bridgehead atoms. The Balaban J connectivity index is 1.99. The van der Waals surface area contributed by atoms with Crippen LogP contribution in [-0.4, -0.2) is 30.2 Å². The Morgan fingerprint density at radius 1 is 1.27 bits per heavy atom. The molecule has 1 fully saturated rings. The topological polar surface area (TPSA) is 3.01 Å². The van der Waals surface area contributed by atoms with Gasteiger partial charge < -0.3 is 0 Å². The molecule has 2 heteroatoms. The third-order valence-electron chi connectivity index (χ3n) is 3.37. The Bertz CT molecular complexity index is 181.